The van der Waals surface area contributed by atoms with Gasteiger partial charge in [-0.2, -0.15) is 0 Å². The molecule has 0 saturated heterocycles. The van der Waals surface area contributed by atoms with Crippen molar-refractivity contribution < 1.29 is 23.8 Å². The molecular formula is C19H18O5. The smallest absolute Gasteiger partial charge is 0.343 e. The summed E-state index contributed by atoms with van der Waals surface area (Å²) in [6.45, 7) is 7.47. The van der Waals surface area contributed by atoms with Gasteiger partial charge in [-0.25, -0.2) is 9.59 Å². The van der Waals surface area contributed by atoms with Crippen LogP contribution in [0, 0.1) is 6.92 Å². The minimum absolute atomic E-state index is 0.340. The van der Waals surface area contributed by atoms with Crippen molar-refractivity contribution in [1.29, 1.82) is 0 Å². The van der Waals surface area contributed by atoms with Gasteiger partial charge in [-0.15, -0.1) is 0 Å². The van der Waals surface area contributed by atoms with E-state index in [0.717, 1.165) is 6.08 Å². The second-order valence-corrected chi connectivity index (χ2v) is 4.90. The summed E-state index contributed by atoms with van der Waals surface area (Å²) >= 11 is 0. The molecule has 0 atom stereocenters. The highest BCUT2D eigenvalue weighted by Gasteiger charge is 2.13. The third kappa shape index (κ3) is 4.46. The van der Waals surface area contributed by atoms with Crippen LogP contribution in [0.1, 0.15) is 22.8 Å². The molecule has 0 aliphatic rings. The van der Waals surface area contributed by atoms with Gasteiger partial charge in [0.05, 0.1) is 12.2 Å². The number of aryl methyl sites for hydroxylation is 1. The predicted molar refractivity (Wildman–Crippen MR) is 89.6 cm³/mol. The van der Waals surface area contributed by atoms with Crippen LogP contribution < -0.4 is 14.2 Å². The molecule has 0 radical (unpaired) electrons. The van der Waals surface area contributed by atoms with Crippen LogP contribution in [-0.4, -0.2) is 18.5 Å². The minimum atomic E-state index is -0.558. The quantitative estimate of drug-likeness (QED) is 0.460. The molecule has 2 rings (SSSR count). The molecule has 2 aromatic rings. The maximum Gasteiger partial charge on any atom is 0.343 e. The second-order valence-electron chi connectivity index (χ2n) is 4.90. The highest BCUT2D eigenvalue weighted by atomic mass is 16.5. The van der Waals surface area contributed by atoms with Gasteiger partial charge in [0.1, 0.15) is 17.2 Å². The standard InChI is InChI=1S/C19H18O5/c1-4-18(20)23-16-9-10-17(13(3)11-16)19(21)24-15-8-6-7-14(12-15)22-5-2/h4,6-12H,1,5H2,2-3H3. The topological polar surface area (TPSA) is 61.8 Å². The van der Waals surface area contributed by atoms with Crippen LogP contribution in [0.15, 0.2) is 55.1 Å². The maximum atomic E-state index is 12.3. The first-order valence-corrected chi connectivity index (χ1v) is 7.43. The molecule has 0 aliphatic carbocycles. The molecule has 0 spiro atoms. The van der Waals surface area contributed by atoms with Gasteiger partial charge < -0.3 is 14.2 Å². The van der Waals surface area contributed by atoms with Crippen LogP contribution >= 0.6 is 0 Å². The van der Waals surface area contributed by atoms with Gasteiger partial charge >= 0.3 is 11.9 Å². The second kappa shape index (κ2) is 7.97. The van der Waals surface area contributed by atoms with Crippen molar-refractivity contribution in [1.82, 2.24) is 0 Å². The minimum Gasteiger partial charge on any atom is -0.494 e. The Morgan fingerprint density at radius 3 is 2.42 bits per heavy atom. The van der Waals surface area contributed by atoms with E-state index in [1.165, 1.54) is 6.07 Å². The molecule has 2 aromatic carbocycles. The lowest BCUT2D eigenvalue weighted by molar-refractivity contribution is -0.128. The molecule has 0 unspecified atom stereocenters. The van der Waals surface area contributed by atoms with Crippen LogP contribution in [0.3, 0.4) is 0 Å². The Bertz CT molecular complexity index is 764. The Kier molecular flexibility index (Phi) is 5.73. The summed E-state index contributed by atoms with van der Waals surface area (Å²) in [7, 11) is 0. The fourth-order valence-corrected chi connectivity index (χ4v) is 2.04. The SMILES string of the molecule is C=CC(=O)Oc1ccc(C(=O)Oc2cccc(OCC)c2)c(C)c1. The van der Waals surface area contributed by atoms with Gasteiger partial charge in [0.2, 0.25) is 0 Å². The summed E-state index contributed by atoms with van der Waals surface area (Å²) in [5, 5.41) is 0. The summed E-state index contributed by atoms with van der Waals surface area (Å²) < 4.78 is 15.8. The van der Waals surface area contributed by atoms with Crippen molar-refractivity contribution in [3.05, 3.63) is 66.2 Å². The first-order chi connectivity index (χ1) is 11.5. The summed E-state index contributed by atoms with van der Waals surface area (Å²) in [6, 6.07) is 11.5. The Morgan fingerprint density at radius 2 is 1.75 bits per heavy atom. The van der Waals surface area contributed by atoms with Crippen molar-refractivity contribution in [3.63, 3.8) is 0 Å². The Labute approximate surface area is 140 Å². The molecule has 5 nitrogen and oxygen atoms in total. The number of ether oxygens (including phenoxy) is 3. The maximum absolute atomic E-state index is 12.3. The van der Waals surface area contributed by atoms with Crippen LogP contribution in [0.4, 0.5) is 0 Å². The number of esters is 2. The number of hydrogen-bond donors (Lipinski definition) is 0. The zero-order chi connectivity index (χ0) is 17.5. The Balaban J connectivity index is 2.13. The van der Waals surface area contributed by atoms with Gasteiger partial charge in [-0.05, 0) is 49.7 Å². The highest BCUT2D eigenvalue weighted by Crippen LogP contribution is 2.22. The summed E-state index contributed by atoms with van der Waals surface area (Å²) in [6.07, 6.45) is 1.07. The van der Waals surface area contributed by atoms with Crippen LogP contribution in [0.5, 0.6) is 17.2 Å². The van der Waals surface area contributed by atoms with Crippen molar-refractivity contribution in [3.8, 4) is 17.2 Å². The average molecular weight is 326 g/mol. The number of rotatable bonds is 6. The Hall–Kier alpha value is -3.08. The molecule has 24 heavy (non-hydrogen) atoms. The highest BCUT2D eigenvalue weighted by molar-refractivity contribution is 5.93. The number of benzene rings is 2. The largest absolute Gasteiger partial charge is 0.494 e. The van der Waals surface area contributed by atoms with Gasteiger partial charge in [-0.3, -0.25) is 0 Å². The zero-order valence-electron chi connectivity index (χ0n) is 13.6. The van der Waals surface area contributed by atoms with Gasteiger partial charge in [0, 0.05) is 12.1 Å². The number of carbonyl (C=O) groups excluding carboxylic acids is 2. The van der Waals surface area contributed by atoms with E-state index in [1.807, 2.05) is 6.92 Å². The fourth-order valence-electron chi connectivity index (χ4n) is 2.04. The van der Waals surface area contributed by atoms with E-state index in [4.69, 9.17) is 14.2 Å². The lowest BCUT2D eigenvalue weighted by atomic mass is 10.1. The molecule has 0 N–H and O–H groups in total. The van der Waals surface area contributed by atoms with Gasteiger partial charge in [-0.1, -0.05) is 12.6 Å². The van der Waals surface area contributed by atoms with E-state index in [9.17, 15) is 9.59 Å². The van der Waals surface area contributed by atoms with Crippen LogP contribution in [0.2, 0.25) is 0 Å². The van der Waals surface area contributed by atoms with E-state index >= 15 is 0 Å². The van der Waals surface area contributed by atoms with Gasteiger partial charge in [0.25, 0.3) is 0 Å². The van der Waals surface area contributed by atoms with Crippen LogP contribution in [0.25, 0.3) is 0 Å². The molecule has 0 aromatic heterocycles. The first kappa shape index (κ1) is 17.3. The molecule has 0 bridgehead atoms. The van der Waals surface area contributed by atoms with E-state index in [0.29, 0.717) is 35.0 Å². The van der Waals surface area contributed by atoms with Crippen molar-refractivity contribution in [2.75, 3.05) is 6.61 Å². The van der Waals surface area contributed by atoms with Crippen molar-refractivity contribution in [2.24, 2.45) is 0 Å². The third-order valence-electron chi connectivity index (χ3n) is 3.13. The molecular weight excluding hydrogens is 308 g/mol. The summed E-state index contributed by atoms with van der Waals surface area (Å²) in [4.78, 5) is 23.5. The molecule has 0 saturated carbocycles. The van der Waals surface area contributed by atoms with E-state index in [-0.39, 0.29) is 0 Å². The third-order valence-corrected chi connectivity index (χ3v) is 3.13. The molecule has 124 valence electrons. The molecule has 0 fully saturated rings. The molecule has 0 amide bonds. The number of hydrogen-bond acceptors (Lipinski definition) is 5. The fraction of sp³-hybridized carbons (Fsp3) is 0.158. The molecule has 0 heterocycles. The molecule has 5 heteroatoms. The summed E-state index contributed by atoms with van der Waals surface area (Å²) in [5.41, 5.74) is 1.02. The monoisotopic (exact) mass is 326 g/mol. The number of carbonyl (C=O) groups is 2. The predicted octanol–water partition coefficient (Wildman–Crippen LogP) is 3.70. The van der Waals surface area contributed by atoms with E-state index < -0.39 is 11.9 Å². The van der Waals surface area contributed by atoms with Crippen molar-refractivity contribution in [2.45, 2.75) is 13.8 Å². The van der Waals surface area contributed by atoms with Crippen molar-refractivity contribution >= 4 is 11.9 Å². The normalized spacial score (nSPS) is 9.92. The van der Waals surface area contributed by atoms with E-state index in [2.05, 4.69) is 6.58 Å². The lowest BCUT2D eigenvalue weighted by Gasteiger charge is -2.10. The van der Waals surface area contributed by atoms with Crippen LogP contribution in [-0.2, 0) is 4.79 Å². The Morgan fingerprint density at radius 1 is 1.04 bits per heavy atom. The first-order valence-electron chi connectivity index (χ1n) is 7.43. The van der Waals surface area contributed by atoms with E-state index in [1.54, 1.807) is 43.3 Å². The zero-order valence-corrected chi connectivity index (χ0v) is 13.6. The summed E-state index contributed by atoms with van der Waals surface area (Å²) in [5.74, 6) is 0.311. The molecule has 0 aliphatic heterocycles. The lowest BCUT2D eigenvalue weighted by Crippen LogP contribution is -2.11. The van der Waals surface area contributed by atoms with Gasteiger partial charge in [0.15, 0.2) is 0 Å². The average Bonchev–Trinajstić information content (AvgIpc) is 2.55.